The van der Waals surface area contributed by atoms with Gasteiger partial charge in [-0.25, -0.2) is 4.79 Å². The molecular formula is C19H24N2O2. The van der Waals surface area contributed by atoms with E-state index in [4.69, 9.17) is 0 Å². The van der Waals surface area contributed by atoms with Gasteiger partial charge in [0.25, 0.3) is 0 Å². The first-order chi connectivity index (χ1) is 11.1. The normalized spacial score (nSPS) is 19.3. The van der Waals surface area contributed by atoms with Gasteiger partial charge in [-0.15, -0.1) is 0 Å². The van der Waals surface area contributed by atoms with Gasteiger partial charge in [-0.1, -0.05) is 36.8 Å². The number of carbonyl (C=O) groups is 1. The molecule has 0 aliphatic carbocycles. The monoisotopic (exact) mass is 312 g/mol. The van der Waals surface area contributed by atoms with Gasteiger partial charge in [0.15, 0.2) is 0 Å². The standard InChI is InChI=1S/C19H24N2O2/c1-20(2)13-21-12-6-5-9-18(21)16-10-11-17(19(22)23)15-8-4-3-7-14(15)16/h3-4,7-8,10-11,18H,5-6,9,12-13H2,1-2H3,(H,22,23). The van der Waals surface area contributed by atoms with Crippen molar-refractivity contribution in [3.8, 4) is 0 Å². The van der Waals surface area contributed by atoms with Crippen LogP contribution in [0.5, 0.6) is 0 Å². The summed E-state index contributed by atoms with van der Waals surface area (Å²) in [5, 5.41) is 11.4. The number of benzene rings is 2. The molecule has 4 heteroatoms. The molecule has 0 radical (unpaired) electrons. The molecule has 2 aromatic rings. The largest absolute Gasteiger partial charge is 0.478 e. The number of carboxylic acid groups (broad SMARTS) is 1. The summed E-state index contributed by atoms with van der Waals surface area (Å²) in [6.07, 6.45) is 3.59. The number of likely N-dealkylation sites (tertiary alicyclic amines) is 1. The van der Waals surface area contributed by atoms with Crippen molar-refractivity contribution in [2.24, 2.45) is 0 Å². The van der Waals surface area contributed by atoms with Crippen molar-refractivity contribution in [3.05, 3.63) is 47.5 Å². The van der Waals surface area contributed by atoms with Crippen LogP contribution in [-0.4, -0.2) is 48.2 Å². The Bertz CT molecular complexity index is 712. The second-order valence-electron chi connectivity index (χ2n) is 6.60. The lowest BCUT2D eigenvalue weighted by molar-refractivity contribution is 0.0699. The Labute approximate surface area is 137 Å². The first kappa shape index (κ1) is 16.0. The number of fused-ring (bicyclic) bond motifs is 1. The van der Waals surface area contributed by atoms with Gasteiger partial charge in [0.05, 0.1) is 12.2 Å². The van der Waals surface area contributed by atoms with Gasteiger partial charge in [-0.2, -0.15) is 0 Å². The van der Waals surface area contributed by atoms with Crippen molar-refractivity contribution in [1.82, 2.24) is 9.80 Å². The van der Waals surface area contributed by atoms with Crippen LogP contribution in [-0.2, 0) is 0 Å². The van der Waals surface area contributed by atoms with E-state index in [2.05, 4.69) is 30.0 Å². The summed E-state index contributed by atoms with van der Waals surface area (Å²) in [7, 11) is 4.19. The number of hydrogen-bond acceptors (Lipinski definition) is 3. The third-order valence-corrected chi connectivity index (χ3v) is 4.63. The molecule has 1 aliphatic heterocycles. The molecule has 1 saturated heterocycles. The molecule has 122 valence electrons. The fourth-order valence-corrected chi connectivity index (χ4v) is 3.68. The van der Waals surface area contributed by atoms with Gasteiger partial charge in [-0.3, -0.25) is 9.80 Å². The minimum Gasteiger partial charge on any atom is -0.478 e. The Hall–Kier alpha value is -1.91. The summed E-state index contributed by atoms with van der Waals surface area (Å²) in [6.45, 7) is 2.03. The Balaban J connectivity index is 2.08. The summed E-state index contributed by atoms with van der Waals surface area (Å²) in [6, 6.07) is 12.0. The maximum Gasteiger partial charge on any atom is 0.336 e. The summed E-state index contributed by atoms with van der Waals surface area (Å²) in [5.41, 5.74) is 1.64. The van der Waals surface area contributed by atoms with E-state index in [1.165, 1.54) is 18.4 Å². The molecule has 1 aliphatic rings. The van der Waals surface area contributed by atoms with E-state index >= 15 is 0 Å². The van der Waals surface area contributed by atoms with Gasteiger partial charge in [0, 0.05) is 6.04 Å². The Morgan fingerprint density at radius 1 is 1.17 bits per heavy atom. The maximum atomic E-state index is 11.5. The molecule has 1 fully saturated rings. The van der Waals surface area contributed by atoms with Crippen LogP contribution in [0.4, 0.5) is 0 Å². The minimum absolute atomic E-state index is 0.360. The second-order valence-corrected chi connectivity index (χ2v) is 6.60. The minimum atomic E-state index is -0.860. The van der Waals surface area contributed by atoms with Crippen LogP contribution in [0, 0.1) is 0 Å². The maximum absolute atomic E-state index is 11.5. The average Bonchev–Trinajstić information content (AvgIpc) is 2.54. The van der Waals surface area contributed by atoms with Gasteiger partial charge in [-0.05, 0) is 55.9 Å². The van der Waals surface area contributed by atoms with Crippen LogP contribution in [0.15, 0.2) is 36.4 Å². The SMILES string of the molecule is CN(C)CN1CCCCC1c1ccc(C(=O)O)c2ccccc12. The zero-order chi connectivity index (χ0) is 16.4. The molecule has 3 rings (SSSR count). The molecule has 1 atom stereocenters. The van der Waals surface area contributed by atoms with Gasteiger partial charge in [0.2, 0.25) is 0 Å². The summed E-state index contributed by atoms with van der Waals surface area (Å²) in [4.78, 5) is 16.2. The van der Waals surface area contributed by atoms with Crippen molar-refractivity contribution in [2.45, 2.75) is 25.3 Å². The van der Waals surface area contributed by atoms with E-state index in [1.54, 1.807) is 6.07 Å². The molecule has 1 unspecified atom stereocenters. The number of nitrogens with zero attached hydrogens (tertiary/aromatic N) is 2. The van der Waals surface area contributed by atoms with Gasteiger partial charge < -0.3 is 5.11 Å². The van der Waals surface area contributed by atoms with Crippen molar-refractivity contribution in [2.75, 3.05) is 27.3 Å². The van der Waals surface area contributed by atoms with Crippen LogP contribution >= 0.6 is 0 Å². The zero-order valence-electron chi connectivity index (χ0n) is 13.8. The molecule has 4 nitrogen and oxygen atoms in total. The highest BCUT2D eigenvalue weighted by molar-refractivity contribution is 6.04. The number of aromatic carboxylic acids is 1. The molecule has 0 bridgehead atoms. The quantitative estimate of drug-likeness (QED) is 0.937. The van der Waals surface area contributed by atoms with E-state index in [9.17, 15) is 9.90 Å². The predicted octanol–water partition coefficient (Wildman–Crippen LogP) is 3.58. The fourth-order valence-electron chi connectivity index (χ4n) is 3.68. The molecule has 0 spiro atoms. The van der Waals surface area contributed by atoms with Crippen molar-refractivity contribution >= 4 is 16.7 Å². The highest BCUT2D eigenvalue weighted by atomic mass is 16.4. The van der Waals surface area contributed by atoms with Crippen LogP contribution in [0.25, 0.3) is 10.8 Å². The molecule has 1 heterocycles. The number of rotatable bonds is 4. The van der Waals surface area contributed by atoms with E-state index in [1.807, 2.05) is 24.3 Å². The molecular weight excluding hydrogens is 288 g/mol. The Morgan fingerprint density at radius 3 is 2.61 bits per heavy atom. The molecule has 0 amide bonds. The first-order valence-electron chi connectivity index (χ1n) is 8.21. The van der Waals surface area contributed by atoms with Crippen molar-refractivity contribution in [3.63, 3.8) is 0 Å². The smallest absolute Gasteiger partial charge is 0.336 e. The van der Waals surface area contributed by atoms with E-state index in [0.29, 0.717) is 11.6 Å². The highest BCUT2D eigenvalue weighted by Crippen LogP contribution is 2.36. The van der Waals surface area contributed by atoms with Gasteiger partial charge in [0.1, 0.15) is 0 Å². The van der Waals surface area contributed by atoms with Crippen molar-refractivity contribution in [1.29, 1.82) is 0 Å². The predicted molar refractivity (Wildman–Crippen MR) is 92.8 cm³/mol. The highest BCUT2D eigenvalue weighted by Gasteiger charge is 2.26. The summed E-state index contributed by atoms with van der Waals surface area (Å²) in [5.74, 6) is -0.860. The summed E-state index contributed by atoms with van der Waals surface area (Å²) >= 11 is 0. The lowest BCUT2D eigenvalue weighted by Crippen LogP contribution is -2.39. The Morgan fingerprint density at radius 2 is 1.91 bits per heavy atom. The lowest BCUT2D eigenvalue weighted by Gasteiger charge is -2.38. The molecule has 2 aromatic carbocycles. The van der Waals surface area contributed by atoms with Crippen LogP contribution in [0.1, 0.15) is 41.2 Å². The van der Waals surface area contributed by atoms with Gasteiger partial charge >= 0.3 is 5.97 Å². The van der Waals surface area contributed by atoms with E-state index < -0.39 is 5.97 Å². The van der Waals surface area contributed by atoms with Crippen LogP contribution in [0.3, 0.4) is 0 Å². The lowest BCUT2D eigenvalue weighted by atomic mass is 9.90. The average molecular weight is 312 g/mol. The third kappa shape index (κ3) is 3.23. The molecule has 23 heavy (non-hydrogen) atoms. The fraction of sp³-hybridized carbons (Fsp3) is 0.421. The van der Waals surface area contributed by atoms with Crippen LogP contribution in [0.2, 0.25) is 0 Å². The Kier molecular flexibility index (Phi) is 4.64. The zero-order valence-corrected chi connectivity index (χ0v) is 13.8. The van der Waals surface area contributed by atoms with E-state index in [-0.39, 0.29) is 0 Å². The van der Waals surface area contributed by atoms with E-state index in [0.717, 1.165) is 30.4 Å². The third-order valence-electron chi connectivity index (χ3n) is 4.63. The molecule has 0 aromatic heterocycles. The second kappa shape index (κ2) is 6.69. The number of piperidine rings is 1. The van der Waals surface area contributed by atoms with Crippen molar-refractivity contribution < 1.29 is 9.90 Å². The molecule has 0 saturated carbocycles. The number of hydrogen-bond donors (Lipinski definition) is 1. The number of carboxylic acids is 1. The van der Waals surface area contributed by atoms with Crippen LogP contribution < -0.4 is 0 Å². The summed E-state index contributed by atoms with van der Waals surface area (Å²) < 4.78 is 0. The topological polar surface area (TPSA) is 43.8 Å². The molecule has 1 N–H and O–H groups in total. The first-order valence-corrected chi connectivity index (χ1v) is 8.21.